The summed E-state index contributed by atoms with van der Waals surface area (Å²) in [6.45, 7) is 0.264. The van der Waals surface area contributed by atoms with Crippen molar-refractivity contribution in [2.45, 2.75) is 13.0 Å². The molecule has 2 aromatic rings. The molecule has 1 heterocycles. The predicted molar refractivity (Wildman–Crippen MR) is 111 cm³/mol. The first-order valence-corrected chi connectivity index (χ1v) is 10.1. The number of hydrazone groups is 1. The van der Waals surface area contributed by atoms with Gasteiger partial charge in [-0.2, -0.15) is 10.1 Å². The van der Waals surface area contributed by atoms with Crippen LogP contribution in [0.25, 0.3) is 0 Å². The van der Waals surface area contributed by atoms with Crippen molar-refractivity contribution in [3.63, 3.8) is 0 Å². The number of hydrogen-bond donors (Lipinski definition) is 0. The maximum Gasteiger partial charge on any atom is 0.270 e. The number of imide groups is 1. The molecule has 1 aliphatic heterocycles. The summed E-state index contributed by atoms with van der Waals surface area (Å²) in [6, 6.07) is 13.6. The second-order valence-electron chi connectivity index (χ2n) is 7.99. The summed E-state index contributed by atoms with van der Waals surface area (Å²) >= 11 is 0. The molecule has 0 unspecified atom stereocenters. The number of allylic oxidation sites excluding steroid dienone is 2. The summed E-state index contributed by atoms with van der Waals surface area (Å²) in [5.41, 5.74) is 1.13. The molecule has 8 nitrogen and oxygen atoms in total. The highest BCUT2D eigenvalue weighted by Gasteiger charge is 2.59. The highest BCUT2D eigenvalue weighted by atomic mass is 16.6. The molecule has 2 bridgehead atoms. The molecule has 0 aromatic heterocycles. The molecule has 1 saturated heterocycles. The minimum absolute atomic E-state index is 0.0919. The molecule has 5 rings (SSSR count). The molecule has 2 fully saturated rings. The Morgan fingerprint density at radius 2 is 1.74 bits per heavy atom. The van der Waals surface area contributed by atoms with Gasteiger partial charge < -0.3 is 4.74 Å². The smallest absolute Gasteiger partial charge is 0.270 e. The molecule has 0 spiro atoms. The van der Waals surface area contributed by atoms with Crippen LogP contribution in [0, 0.1) is 33.8 Å². The Bertz CT molecular complexity index is 1100. The molecule has 156 valence electrons. The summed E-state index contributed by atoms with van der Waals surface area (Å²) in [6.07, 6.45) is 6.16. The highest BCUT2D eigenvalue weighted by Crippen LogP contribution is 2.52. The van der Waals surface area contributed by atoms with E-state index in [1.807, 2.05) is 42.5 Å². The third-order valence-corrected chi connectivity index (χ3v) is 6.20. The Balaban J connectivity index is 1.40. The van der Waals surface area contributed by atoms with E-state index in [1.54, 1.807) is 0 Å². The molecular formula is C23H19N3O5. The first kappa shape index (κ1) is 19.2. The second-order valence-corrected chi connectivity index (χ2v) is 7.99. The molecular weight excluding hydrogens is 398 g/mol. The van der Waals surface area contributed by atoms with Crippen LogP contribution in [0.3, 0.4) is 0 Å². The van der Waals surface area contributed by atoms with E-state index in [9.17, 15) is 19.7 Å². The zero-order valence-electron chi connectivity index (χ0n) is 16.5. The SMILES string of the molecule is O=C1[C@@H]2[C@H](C(=O)N1N=Cc1cc([N+](=O)[O-])ccc1OCc1ccccc1)[C@H]1C=C[C@H]2C1. The first-order valence-electron chi connectivity index (χ1n) is 10.1. The van der Waals surface area contributed by atoms with Gasteiger partial charge in [-0.1, -0.05) is 42.5 Å². The lowest BCUT2D eigenvalue weighted by Crippen LogP contribution is -2.28. The molecule has 31 heavy (non-hydrogen) atoms. The minimum Gasteiger partial charge on any atom is -0.488 e. The number of non-ortho nitro benzene ring substituents is 1. The van der Waals surface area contributed by atoms with Crippen LogP contribution in [0.1, 0.15) is 17.5 Å². The Labute approximate surface area is 178 Å². The average molecular weight is 417 g/mol. The van der Waals surface area contributed by atoms with E-state index in [4.69, 9.17) is 4.74 Å². The lowest BCUT2D eigenvalue weighted by Gasteiger charge is -2.13. The van der Waals surface area contributed by atoms with Crippen LogP contribution in [0.15, 0.2) is 65.8 Å². The van der Waals surface area contributed by atoms with Crippen LogP contribution in [-0.2, 0) is 16.2 Å². The van der Waals surface area contributed by atoms with Crippen LogP contribution in [0.5, 0.6) is 5.75 Å². The maximum absolute atomic E-state index is 12.8. The van der Waals surface area contributed by atoms with Gasteiger partial charge in [-0.3, -0.25) is 19.7 Å². The van der Waals surface area contributed by atoms with Crippen molar-refractivity contribution in [1.29, 1.82) is 0 Å². The van der Waals surface area contributed by atoms with Gasteiger partial charge in [0.25, 0.3) is 17.5 Å². The number of amides is 2. The molecule has 8 heteroatoms. The predicted octanol–water partition coefficient (Wildman–Crippen LogP) is 3.31. The van der Waals surface area contributed by atoms with Crippen molar-refractivity contribution in [1.82, 2.24) is 5.01 Å². The molecule has 1 saturated carbocycles. The first-order chi connectivity index (χ1) is 15.0. The number of ether oxygens (including phenoxy) is 1. The number of nitrogens with zero attached hydrogens (tertiary/aromatic N) is 3. The van der Waals surface area contributed by atoms with Gasteiger partial charge in [0.05, 0.1) is 23.0 Å². The number of hydrogen-bond acceptors (Lipinski definition) is 6. The van der Waals surface area contributed by atoms with E-state index in [0.717, 1.165) is 17.0 Å². The number of benzene rings is 2. The summed E-state index contributed by atoms with van der Waals surface area (Å²) < 4.78 is 5.83. The van der Waals surface area contributed by atoms with Crippen LogP contribution in [-0.4, -0.2) is 28.0 Å². The van der Waals surface area contributed by atoms with Gasteiger partial charge in [-0.05, 0) is 29.9 Å². The van der Waals surface area contributed by atoms with Gasteiger partial charge in [0.15, 0.2) is 0 Å². The van der Waals surface area contributed by atoms with Crippen molar-refractivity contribution < 1.29 is 19.2 Å². The lowest BCUT2D eigenvalue weighted by atomic mass is 9.85. The molecule has 2 aliphatic carbocycles. The number of nitro benzene ring substituents is 1. The fourth-order valence-electron chi connectivity index (χ4n) is 4.74. The fraction of sp³-hybridized carbons (Fsp3) is 0.261. The Hall–Kier alpha value is -3.81. The number of carbonyl (C=O) groups excluding carboxylic acids is 2. The Kier molecular flexibility index (Phi) is 4.62. The summed E-state index contributed by atoms with van der Waals surface area (Å²) in [4.78, 5) is 36.3. The highest BCUT2D eigenvalue weighted by molar-refractivity contribution is 6.07. The van der Waals surface area contributed by atoms with Gasteiger partial charge >= 0.3 is 0 Å². The summed E-state index contributed by atoms with van der Waals surface area (Å²) in [5, 5.41) is 16.3. The third-order valence-electron chi connectivity index (χ3n) is 6.20. The molecule has 4 atom stereocenters. The Morgan fingerprint density at radius 1 is 1.06 bits per heavy atom. The van der Waals surface area contributed by atoms with Gasteiger partial charge in [0.1, 0.15) is 12.4 Å². The van der Waals surface area contributed by atoms with Crippen molar-refractivity contribution >= 4 is 23.7 Å². The fourth-order valence-corrected chi connectivity index (χ4v) is 4.74. The van der Waals surface area contributed by atoms with Crippen molar-refractivity contribution in [2.75, 3.05) is 0 Å². The lowest BCUT2D eigenvalue weighted by molar-refractivity contribution is -0.384. The van der Waals surface area contributed by atoms with Crippen LogP contribution in [0.4, 0.5) is 5.69 Å². The van der Waals surface area contributed by atoms with Gasteiger partial charge in [-0.15, -0.1) is 0 Å². The number of carbonyl (C=O) groups is 2. The van der Waals surface area contributed by atoms with Gasteiger partial charge in [-0.25, -0.2) is 0 Å². The van der Waals surface area contributed by atoms with Crippen molar-refractivity contribution in [2.24, 2.45) is 28.8 Å². The van der Waals surface area contributed by atoms with Crippen molar-refractivity contribution in [3.8, 4) is 5.75 Å². The van der Waals surface area contributed by atoms with Crippen LogP contribution >= 0.6 is 0 Å². The molecule has 0 radical (unpaired) electrons. The number of nitro groups is 1. The summed E-state index contributed by atoms with van der Waals surface area (Å²) in [5.74, 6) is -0.750. The molecule has 3 aliphatic rings. The number of fused-ring (bicyclic) bond motifs is 5. The van der Waals surface area contributed by atoms with Gasteiger partial charge in [0, 0.05) is 17.7 Å². The Morgan fingerprint density at radius 3 is 2.39 bits per heavy atom. The average Bonchev–Trinajstić information content (AvgIpc) is 3.46. The van der Waals surface area contributed by atoms with Crippen LogP contribution < -0.4 is 4.74 Å². The molecule has 2 aromatic carbocycles. The molecule has 2 amide bonds. The monoisotopic (exact) mass is 417 g/mol. The standard InChI is InChI=1S/C23H19N3O5/c27-22-20-15-6-7-16(10-15)21(20)23(28)25(22)24-12-17-11-18(26(29)30)8-9-19(17)31-13-14-4-2-1-3-5-14/h1-9,11-12,15-16,20-21H,10,13H2/t15-,16-,20-,21+/m0/s1. The van der Waals surface area contributed by atoms with E-state index < -0.39 is 4.92 Å². The van der Waals surface area contributed by atoms with E-state index in [0.29, 0.717) is 11.3 Å². The normalized spacial score (nSPS) is 26.1. The zero-order chi connectivity index (χ0) is 21.5. The maximum atomic E-state index is 12.8. The van der Waals surface area contributed by atoms with E-state index in [2.05, 4.69) is 5.10 Å². The summed E-state index contributed by atoms with van der Waals surface area (Å²) in [7, 11) is 0. The second kappa shape index (κ2) is 7.46. The van der Waals surface area contributed by atoms with E-state index in [-0.39, 0.29) is 47.8 Å². The largest absolute Gasteiger partial charge is 0.488 e. The number of rotatable bonds is 6. The minimum atomic E-state index is -0.516. The van der Waals surface area contributed by atoms with E-state index >= 15 is 0 Å². The zero-order valence-corrected chi connectivity index (χ0v) is 16.5. The third kappa shape index (κ3) is 3.30. The van der Waals surface area contributed by atoms with E-state index in [1.165, 1.54) is 24.4 Å². The topological polar surface area (TPSA) is 102 Å². The van der Waals surface area contributed by atoms with Crippen molar-refractivity contribution in [3.05, 3.63) is 81.9 Å². The molecule has 0 N–H and O–H groups in total. The quantitative estimate of drug-likeness (QED) is 0.236. The van der Waals surface area contributed by atoms with Gasteiger partial charge in [0.2, 0.25) is 0 Å². The van der Waals surface area contributed by atoms with Crippen LogP contribution in [0.2, 0.25) is 0 Å².